The highest BCUT2D eigenvalue weighted by molar-refractivity contribution is 6.01. The fraction of sp³-hybridized carbons (Fsp3) is 0.125. The third-order valence-corrected chi connectivity index (χ3v) is 3.25. The van der Waals surface area contributed by atoms with E-state index in [9.17, 15) is 9.59 Å². The van der Waals surface area contributed by atoms with E-state index in [1.807, 2.05) is 24.3 Å². The zero-order valence-corrected chi connectivity index (χ0v) is 11.6. The molecule has 2 aromatic rings. The molecule has 0 aliphatic heterocycles. The number of amides is 2. The Hall–Kier alpha value is -2.82. The first-order chi connectivity index (χ1) is 10.0. The minimum Gasteiger partial charge on any atom is -0.497 e. The summed E-state index contributed by atoms with van der Waals surface area (Å²) in [6, 6.07) is 12.1. The Morgan fingerprint density at radius 2 is 1.48 bits per heavy atom. The van der Waals surface area contributed by atoms with Gasteiger partial charge < -0.3 is 16.2 Å². The molecule has 108 valence electrons. The molecule has 0 aliphatic carbocycles. The van der Waals surface area contributed by atoms with Gasteiger partial charge in [-0.25, -0.2) is 0 Å². The molecular weight excluding hydrogens is 268 g/mol. The fourth-order valence-electron chi connectivity index (χ4n) is 2.19. The van der Waals surface area contributed by atoms with E-state index >= 15 is 0 Å². The van der Waals surface area contributed by atoms with E-state index in [2.05, 4.69) is 0 Å². The highest BCUT2D eigenvalue weighted by atomic mass is 16.5. The number of carbonyl (C=O) groups is 2. The van der Waals surface area contributed by atoms with E-state index in [0.717, 1.165) is 11.3 Å². The van der Waals surface area contributed by atoms with Crippen LogP contribution >= 0.6 is 0 Å². The minimum atomic E-state index is -0.582. The van der Waals surface area contributed by atoms with Crippen LogP contribution in [-0.2, 0) is 6.42 Å². The third-order valence-electron chi connectivity index (χ3n) is 3.25. The van der Waals surface area contributed by atoms with Crippen molar-refractivity contribution in [2.75, 3.05) is 7.11 Å². The predicted octanol–water partition coefficient (Wildman–Crippen LogP) is 1.48. The maximum absolute atomic E-state index is 11.5. The van der Waals surface area contributed by atoms with Gasteiger partial charge in [0.1, 0.15) is 5.75 Å². The second-order valence-corrected chi connectivity index (χ2v) is 4.59. The molecule has 4 N–H and O–H groups in total. The molecule has 0 saturated heterocycles. The average Bonchev–Trinajstić information content (AvgIpc) is 2.47. The topological polar surface area (TPSA) is 95.4 Å². The second kappa shape index (κ2) is 6.09. The molecular formula is C16H16N2O3. The number of hydrogen-bond acceptors (Lipinski definition) is 3. The van der Waals surface area contributed by atoms with Crippen molar-refractivity contribution in [1.29, 1.82) is 0 Å². The Balaban J connectivity index is 2.45. The van der Waals surface area contributed by atoms with Gasteiger partial charge in [-0.2, -0.15) is 0 Å². The molecule has 5 heteroatoms. The molecule has 2 aromatic carbocycles. The normalized spacial score (nSPS) is 10.1. The van der Waals surface area contributed by atoms with Crippen molar-refractivity contribution in [2.45, 2.75) is 6.42 Å². The van der Waals surface area contributed by atoms with E-state index in [1.54, 1.807) is 25.3 Å². The van der Waals surface area contributed by atoms with Crippen LogP contribution in [0.1, 0.15) is 31.8 Å². The van der Waals surface area contributed by atoms with Gasteiger partial charge in [-0.3, -0.25) is 9.59 Å². The lowest BCUT2D eigenvalue weighted by molar-refractivity contribution is 0.0999. The minimum absolute atomic E-state index is 0.308. The van der Waals surface area contributed by atoms with Crippen LogP contribution in [-0.4, -0.2) is 18.9 Å². The first kappa shape index (κ1) is 14.6. The van der Waals surface area contributed by atoms with E-state index in [1.165, 1.54) is 0 Å². The summed E-state index contributed by atoms with van der Waals surface area (Å²) in [5, 5.41) is 0. The molecule has 0 aliphatic rings. The van der Waals surface area contributed by atoms with Crippen LogP contribution in [0.3, 0.4) is 0 Å². The smallest absolute Gasteiger partial charge is 0.249 e. The van der Waals surface area contributed by atoms with Crippen molar-refractivity contribution in [2.24, 2.45) is 11.5 Å². The highest BCUT2D eigenvalue weighted by Crippen LogP contribution is 2.20. The zero-order valence-electron chi connectivity index (χ0n) is 11.6. The molecule has 0 aromatic heterocycles. The number of hydrogen-bond donors (Lipinski definition) is 2. The largest absolute Gasteiger partial charge is 0.497 e. The molecule has 0 radical (unpaired) electrons. The molecule has 0 fully saturated rings. The number of nitrogens with two attached hydrogens (primary N) is 2. The van der Waals surface area contributed by atoms with Gasteiger partial charge in [0, 0.05) is 11.1 Å². The maximum atomic E-state index is 11.5. The lowest BCUT2D eigenvalue weighted by Gasteiger charge is -2.11. The second-order valence-electron chi connectivity index (χ2n) is 4.59. The number of benzene rings is 2. The first-order valence-corrected chi connectivity index (χ1v) is 6.37. The van der Waals surface area contributed by atoms with Crippen molar-refractivity contribution in [3.63, 3.8) is 0 Å². The number of methoxy groups -OCH3 is 1. The van der Waals surface area contributed by atoms with Gasteiger partial charge in [-0.05, 0) is 41.8 Å². The molecule has 5 nitrogen and oxygen atoms in total. The summed E-state index contributed by atoms with van der Waals surface area (Å²) in [6.07, 6.45) is 0.390. The Labute approximate surface area is 122 Å². The van der Waals surface area contributed by atoms with Crippen molar-refractivity contribution in [1.82, 2.24) is 0 Å². The summed E-state index contributed by atoms with van der Waals surface area (Å²) in [5.41, 5.74) is 12.8. The first-order valence-electron chi connectivity index (χ1n) is 6.37. The van der Waals surface area contributed by atoms with Gasteiger partial charge in [0.2, 0.25) is 11.8 Å². The number of carbonyl (C=O) groups excluding carboxylic acids is 2. The standard InChI is InChI=1S/C16H16N2O3/c1-21-11-7-5-10(6-8-11)9-14-12(15(17)19)3-2-4-13(14)16(18)20/h2-8H,9H2,1H3,(H2,17,19)(H2,18,20). The van der Waals surface area contributed by atoms with Crippen molar-refractivity contribution in [3.8, 4) is 5.75 Å². The van der Waals surface area contributed by atoms with Crippen LogP contribution in [0, 0.1) is 0 Å². The van der Waals surface area contributed by atoms with Crippen LogP contribution in [0.25, 0.3) is 0 Å². The predicted molar refractivity (Wildman–Crippen MR) is 79.3 cm³/mol. The van der Waals surface area contributed by atoms with Gasteiger partial charge in [0.05, 0.1) is 7.11 Å². The number of ether oxygens (including phenoxy) is 1. The van der Waals surface area contributed by atoms with Crippen LogP contribution in [0.5, 0.6) is 5.75 Å². The summed E-state index contributed by atoms with van der Waals surface area (Å²) < 4.78 is 5.10. The van der Waals surface area contributed by atoms with Gasteiger partial charge in [-0.1, -0.05) is 18.2 Å². The molecule has 2 rings (SSSR count). The van der Waals surface area contributed by atoms with Crippen molar-refractivity contribution in [3.05, 3.63) is 64.7 Å². The van der Waals surface area contributed by atoms with E-state index in [4.69, 9.17) is 16.2 Å². The van der Waals surface area contributed by atoms with Gasteiger partial charge >= 0.3 is 0 Å². The Kier molecular flexibility index (Phi) is 4.23. The van der Waals surface area contributed by atoms with E-state index in [-0.39, 0.29) is 0 Å². The summed E-state index contributed by atoms with van der Waals surface area (Å²) in [6.45, 7) is 0. The molecule has 0 bridgehead atoms. The molecule has 0 heterocycles. The number of rotatable bonds is 5. The molecule has 2 amide bonds. The quantitative estimate of drug-likeness (QED) is 0.870. The number of primary amides is 2. The molecule has 21 heavy (non-hydrogen) atoms. The summed E-state index contributed by atoms with van der Waals surface area (Å²) in [7, 11) is 1.59. The third kappa shape index (κ3) is 3.20. The van der Waals surface area contributed by atoms with Crippen LogP contribution in [0.2, 0.25) is 0 Å². The Bertz CT molecular complexity index is 646. The lowest BCUT2D eigenvalue weighted by atomic mass is 9.94. The molecule has 0 saturated carbocycles. The molecule has 0 spiro atoms. The maximum Gasteiger partial charge on any atom is 0.249 e. The summed E-state index contributed by atoms with van der Waals surface area (Å²) in [5.74, 6) is -0.430. The van der Waals surface area contributed by atoms with Crippen molar-refractivity contribution >= 4 is 11.8 Å². The molecule has 0 unspecified atom stereocenters. The van der Waals surface area contributed by atoms with Gasteiger partial charge in [0.15, 0.2) is 0 Å². The van der Waals surface area contributed by atoms with Crippen LogP contribution in [0.15, 0.2) is 42.5 Å². The zero-order chi connectivity index (χ0) is 15.4. The lowest BCUT2D eigenvalue weighted by Crippen LogP contribution is -2.20. The molecule has 0 atom stereocenters. The van der Waals surface area contributed by atoms with E-state index in [0.29, 0.717) is 23.1 Å². The SMILES string of the molecule is COc1ccc(Cc2c(C(N)=O)cccc2C(N)=O)cc1. The van der Waals surface area contributed by atoms with Crippen molar-refractivity contribution < 1.29 is 14.3 Å². The Morgan fingerprint density at radius 3 is 1.90 bits per heavy atom. The average molecular weight is 284 g/mol. The summed E-state index contributed by atoms with van der Waals surface area (Å²) >= 11 is 0. The van der Waals surface area contributed by atoms with Crippen LogP contribution < -0.4 is 16.2 Å². The van der Waals surface area contributed by atoms with E-state index < -0.39 is 11.8 Å². The van der Waals surface area contributed by atoms with Gasteiger partial charge in [0.25, 0.3) is 0 Å². The Morgan fingerprint density at radius 1 is 0.952 bits per heavy atom. The monoisotopic (exact) mass is 284 g/mol. The van der Waals surface area contributed by atoms with Crippen LogP contribution in [0.4, 0.5) is 0 Å². The summed E-state index contributed by atoms with van der Waals surface area (Å²) in [4.78, 5) is 23.1. The fourth-order valence-corrected chi connectivity index (χ4v) is 2.19. The van der Waals surface area contributed by atoms with Gasteiger partial charge in [-0.15, -0.1) is 0 Å². The highest BCUT2D eigenvalue weighted by Gasteiger charge is 2.16.